The van der Waals surface area contributed by atoms with Crippen LogP contribution in [-0.2, 0) is 4.79 Å². The van der Waals surface area contributed by atoms with E-state index >= 15 is 0 Å². The number of amides is 1. The molecule has 0 aromatic carbocycles. The van der Waals surface area contributed by atoms with Gasteiger partial charge in [-0.3, -0.25) is 4.79 Å². The summed E-state index contributed by atoms with van der Waals surface area (Å²) >= 11 is 0. The number of carbonyl (C=O) groups is 1. The average molecular weight is 226 g/mol. The van der Waals surface area contributed by atoms with Crippen LogP contribution in [0.3, 0.4) is 0 Å². The highest BCUT2D eigenvalue weighted by Gasteiger charge is 2.32. The molecule has 94 valence electrons. The lowest BCUT2D eigenvalue weighted by molar-refractivity contribution is -0.136. The minimum atomic E-state index is 0.161. The lowest BCUT2D eigenvalue weighted by atomic mass is 9.99. The Balaban J connectivity index is 2.55. The molecule has 0 radical (unpaired) electrons. The van der Waals surface area contributed by atoms with E-state index in [1.165, 1.54) is 12.8 Å². The lowest BCUT2D eigenvalue weighted by Crippen LogP contribution is -2.43. The predicted molar refractivity (Wildman–Crippen MR) is 67.0 cm³/mol. The predicted octanol–water partition coefficient (Wildman–Crippen LogP) is 2.01. The summed E-state index contributed by atoms with van der Waals surface area (Å²) in [6.07, 6.45) is 5.59. The molecule has 1 aliphatic carbocycles. The molecular formula is C13H26N2O. The average Bonchev–Trinajstić information content (AvgIpc) is 2.75. The van der Waals surface area contributed by atoms with E-state index in [0.29, 0.717) is 24.4 Å². The third-order valence-electron chi connectivity index (χ3n) is 3.91. The second-order valence-electron chi connectivity index (χ2n) is 5.13. The minimum absolute atomic E-state index is 0.161. The van der Waals surface area contributed by atoms with E-state index in [0.717, 1.165) is 19.3 Å². The first-order valence-electron chi connectivity index (χ1n) is 6.58. The van der Waals surface area contributed by atoms with Crippen LogP contribution in [0.25, 0.3) is 0 Å². The van der Waals surface area contributed by atoms with Crippen molar-refractivity contribution in [2.75, 3.05) is 13.6 Å². The zero-order valence-corrected chi connectivity index (χ0v) is 10.9. The molecule has 1 rings (SSSR count). The zero-order valence-electron chi connectivity index (χ0n) is 10.9. The number of rotatable bonds is 5. The molecule has 1 fully saturated rings. The summed E-state index contributed by atoms with van der Waals surface area (Å²) in [5.41, 5.74) is 5.76. The Morgan fingerprint density at radius 3 is 2.75 bits per heavy atom. The van der Waals surface area contributed by atoms with Gasteiger partial charge in [0.25, 0.3) is 0 Å². The van der Waals surface area contributed by atoms with Crippen molar-refractivity contribution in [3.63, 3.8) is 0 Å². The zero-order chi connectivity index (χ0) is 12.1. The fourth-order valence-corrected chi connectivity index (χ4v) is 2.87. The SMILES string of the molecule is CCCC(C)C(=O)N(C)C1CCCC1CN. The first kappa shape index (κ1) is 13.5. The van der Waals surface area contributed by atoms with Crippen molar-refractivity contribution in [3.8, 4) is 0 Å². The fourth-order valence-electron chi connectivity index (χ4n) is 2.87. The lowest BCUT2D eigenvalue weighted by Gasteiger charge is -2.31. The first-order chi connectivity index (χ1) is 7.61. The maximum absolute atomic E-state index is 12.2. The third-order valence-corrected chi connectivity index (χ3v) is 3.91. The summed E-state index contributed by atoms with van der Waals surface area (Å²) in [6, 6.07) is 0.386. The largest absolute Gasteiger partial charge is 0.342 e. The van der Waals surface area contributed by atoms with Crippen molar-refractivity contribution < 1.29 is 4.79 Å². The highest BCUT2D eigenvalue weighted by atomic mass is 16.2. The normalized spacial score (nSPS) is 26.8. The van der Waals surface area contributed by atoms with Gasteiger partial charge in [0.15, 0.2) is 0 Å². The molecule has 1 aliphatic rings. The molecule has 0 spiro atoms. The number of nitrogens with two attached hydrogens (primary N) is 1. The van der Waals surface area contributed by atoms with E-state index in [2.05, 4.69) is 6.92 Å². The molecule has 3 atom stereocenters. The maximum Gasteiger partial charge on any atom is 0.225 e. The van der Waals surface area contributed by atoms with Crippen molar-refractivity contribution >= 4 is 5.91 Å². The summed E-state index contributed by atoms with van der Waals surface area (Å²) in [5.74, 6) is 0.976. The summed E-state index contributed by atoms with van der Waals surface area (Å²) in [4.78, 5) is 14.1. The van der Waals surface area contributed by atoms with E-state index < -0.39 is 0 Å². The molecule has 0 aromatic heterocycles. The van der Waals surface area contributed by atoms with Crippen LogP contribution in [0.5, 0.6) is 0 Å². The van der Waals surface area contributed by atoms with Crippen LogP contribution in [0.15, 0.2) is 0 Å². The van der Waals surface area contributed by atoms with Gasteiger partial charge in [-0.25, -0.2) is 0 Å². The molecule has 0 heterocycles. The number of carbonyl (C=O) groups excluding carboxylic acids is 1. The van der Waals surface area contributed by atoms with Gasteiger partial charge in [-0.2, -0.15) is 0 Å². The van der Waals surface area contributed by atoms with E-state index in [-0.39, 0.29) is 5.92 Å². The quantitative estimate of drug-likeness (QED) is 0.779. The minimum Gasteiger partial charge on any atom is -0.342 e. The van der Waals surface area contributed by atoms with Gasteiger partial charge in [-0.15, -0.1) is 0 Å². The van der Waals surface area contributed by atoms with E-state index in [1.807, 2.05) is 18.9 Å². The number of hydrogen-bond acceptors (Lipinski definition) is 2. The molecule has 16 heavy (non-hydrogen) atoms. The van der Waals surface area contributed by atoms with Crippen LogP contribution in [0, 0.1) is 11.8 Å². The van der Waals surface area contributed by atoms with Crippen molar-refractivity contribution in [1.82, 2.24) is 4.90 Å². The summed E-state index contributed by atoms with van der Waals surface area (Å²) in [7, 11) is 1.95. The van der Waals surface area contributed by atoms with Crippen molar-refractivity contribution in [3.05, 3.63) is 0 Å². The Bertz CT molecular complexity index is 230. The Labute approximate surface area is 99.4 Å². The molecule has 1 amide bonds. The monoisotopic (exact) mass is 226 g/mol. The van der Waals surface area contributed by atoms with Gasteiger partial charge in [-0.05, 0) is 31.7 Å². The van der Waals surface area contributed by atoms with Crippen LogP contribution in [0.4, 0.5) is 0 Å². The van der Waals surface area contributed by atoms with E-state index in [1.54, 1.807) is 0 Å². The van der Waals surface area contributed by atoms with E-state index in [4.69, 9.17) is 5.73 Å². The van der Waals surface area contributed by atoms with Crippen LogP contribution < -0.4 is 5.73 Å². The van der Waals surface area contributed by atoms with Crippen molar-refractivity contribution in [1.29, 1.82) is 0 Å². The Hall–Kier alpha value is -0.570. The fraction of sp³-hybridized carbons (Fsp3) is 0.923. The summed E-state index contributed by atoms with van der Waals surface area (Å²) in [6.45, 7) is 4.88. The molecule has 0 aliphatic heterocycles. The maximum atomic E-state index is 12.2. The van der Waals surface area contributed by atoms with Crippen LogP contribution in [0.2, 0.25) is 0 Å². The second kappa shape index (κ2) is 6.24. The highest BCUT2D eigenvalue weighted by molar-refractivity contribution is 5.78. The molecule has 3 heteroatoms. The summed E-state index contributed by atoms with van der Waals surface area (Å²) in [5, 5.41) is 0. The van der Waals surface area contributed by atoms with Gasteiger partial charge in [0.2, 0.25) is 5.91 Å². The second-order valence-corrected chi connectivity index (χ2v) is 5.13. The Morgan fingerprint density at radius 2 is 2.19 bits per heavy atom. The van der Waals surface area contributed by atoms with E-state index in [9.17, 15) is 4.79 Å². The molecule has 0 aromatic rings. The molecular weight excluding hydrogens is 200 g/mol. The Kier molecular flexibility index (Phi) is 5.26. The van der Waals surface area contributed by atoms with Gasteiger partial charge in [0.1, 0.15) is 0 Å². The number of hydrogen-bond donors (Lipinski definition) is 1. The van der Waals surface area contributed by atoms with Crippen LogP contribution in [0.1, 0.15) is 46.0 Å². The Morgan fingerprint density at radius 1 is 1.50 bits per heavy atom. The molecule has 2 N–H and O–H groups in total. The number of nitrogens with zero attached hydrogens (tertiary/aromatic N) is 1. The van der Waals surface area contributed by atoms with Crippen LogP contribution >= 0.6 is 0 Å². The molecule has 0 saturated heterocycles. The van der Waals surface area contributed by atoms with Gasteiger partial charge in [0, 0.05) is 19.0 Å². The van der Waals surface area contributed by atoms with Gasteiger partial charge >= 0.3 is 0 Å². The first-order valence-corrected chi connectivity index (χ1v) is 6.58. The topological polar surface area (TPSA) is 46.3 Å². The third kappa shape index (κ3) is 2.97. The van der Waals surface area contributed by atoms with Crippen LogP contribution in [-0.4, -0.2) is 30.4 Å². The standard InChI is InChI=1S/C13H26N2O/c1-4-6-10(2)13(16)15(3)12-8-5-7-11(12)9-14/h10-12H,4-9,14H2,1-3H3. The van der Waals surface area contributed by atoms with Gasteiger partial charge in [-0.1, -0.05) is 26.7 Å². The molecule has 3 nitrogen and oxygen atoms in total. The smallest absolute Gasteiger partial charge is 0.225 e. The van der Waals surface area contributed by atoms with Gasteiger partial charge < -0.3 is 10.6 Å². The molecule has 1 saturated carbocycles. The molecule has 0 bridgehead atoms. The van der Waals surface area contributed by atoms with Gasteiger partial charge in [0.05, 0.1) is 0 Å². The van der Waals surface area contributed by atoms with Crippen molar-refractivity contribution in [2.24, 2.45) is 17.6 Å². The summed E-state index contributed by atoms with van der Waals surface area (Å²) < 4.78 is 0. The molecule has 3 unspecified atom stereocenters. The van der Waals surface area contributed by atoms with Crippen molar-refractivity contribution in [2.45, 2.75) is 52.0 Å². The highest BCUT2D eigenvalue weighted by Crippen LogP contribution is 2.29.